The highest BCUT2D eigenvalue weighted by atomic mass is 16.3. The van der Waals surface area contributed by atoms with Crippen molar-refractivity contribution >= 4 is 11.8 Å². The minimum Gasteiger partial charge on any atom is -0.391 e. The zero-order valence-corrected chi connectivity index (χ0v) is 11.4. The summed E-state index contributed by atoms with van der Waals surface area (Å²) >= 11 is 0. The molecule has 19 heavy (non-hydrogen) atoms. The molecular formula is C14H24N2O3. The number of nitrogens with zero attached hydrogens (tertiary/aromatic N) is 1. The molecule has 2 amide bonds. The predicted octanol–water partition coefficient (Wildman–Crippen LogP) is 0.832. The zero-order valence-electron chi connectivity index (χ0n) is 11.4. The number of rotatable bonds is 8. The normalized spacial score (nSPS) is 18.4. The van der Waals surface area contributed by atoms with E-state index >= 15 is 0 Å². The van der Waals surface area contributed by atoms with E-state index in [0.29, 0.717) is 38.9 Å². The van der Waals surface area contributed by atoms with E-state index < -0.39 is 0 Å². The van der Waals surface area contributed by atoms with Gasteiger partial charge >= 0.3 is 0 Å². The van der Waals surface area contributed by atoms with E-state index in [1.54, 1.807) is 11.0 Å². The first-order valence-corrected chi connectivity index (χ1v) is 6.97. The molecule has 0 aromatic rings. The van der Waals surface area contributed by atoms with Gasteiger partial charge in [0.15, 0.2) is 0 Å². The van der Waals surface area contributed by atoms with E-state index in [2.05, 4.69) is 11.9 Å². The van der Waals surface area contributed by atoms with Gasteiger partial charge in [0.25, 0.3) is 0 Å². The highest BCUT2D eigenvalue weighted by Crippen LogP contribution is 2.11. The topological polar surface area (TPSA) is 69.6 Å². The van der Waals surface area contributed by atoms with E-state index in [4.69, 9.17) is 0 Å². The molecule has 0 radical (unpaired) electrons. The molecule has 1 saturated heterocycles. The van der Waals surface area contributed by atoms with Crippen LogP contribution in [0.3, 0.4) is 0 Å². The lowest BCUT2D eigenvalue weighted by Crippen LogP contribution is -2.29. The van der Waals surface area contributed by atoms with Crippen LogP contribution in [0.15, 0.2) is 12.7 Å². The van der Waals surface area contributed by atoms with Gasteiger partial charge in [0.1, 0.15) is 0 Å². The first kappa shape index (κ1) is 15.7. The van der Waals surface area contributed by atoms with Crippen molar-refractivity contribution in [3.8, 4) is 0 Å². The minimum absolute atomic E-state index is 0.00266. The smallest absolute Gasteiger partial charge is 0.223 e. The summed E-state index contributed by atoms with van der Waals surface area (Å²) in [5.41, 5.74) is 0. The van der Waals surface area contributed by atoms with Gasteiger partial charge in [-0.15, -0.1) is 6.58 Å². The molecule has 0 saturated carbocycles. The van der Waals surface area contributed by atoms with Crippen molar-refractivity contribution in [3.05, 3.63) is 12.7 Å². The van der Waals surface area contributed by atoms with Crippen LogP contribution in [0.4, 0.5) is 0 Å². The molecule has 0 aromatic heterocycles. The van der Waals surface area contributed by atoms with Gasteiger partial charge in [-0.05, 0) is 19.3 Å². The lowest BCUT2D eigenvalue weighted by Gasteiger charge is -2.15. The summed E-state index contributed by atoms with van der Waals surface area (Å²) in [6.45, 7) is 5.32. The molecule has 5 nitrogen and oxygen atoms in total. The number of unbranched alkanes of at least 4 members (excludes halogenated alkanes) is 2. The maximum absolute atomic E-state index is 11.8. The third kappa shape index (κ3) is 6.38. The highest BCUT2D eigenvalue weighted by molar-refractivity contribution is 5.77. The third-order valence-corrected chi connectivity index (χ3v) is 3.24. The Labute approximate surface area is 114 Å². The average molecular weight is 268 g/mol. The van der Waals surface area contributed by atoms with Crippen LogP contribution in [0.25, 0.3) is 0 Å². The Morgan fingerprint density at radius 2 is 2.16 bits per heavy atom. The van der Waals surface area contributed by atoms with Crippen LogP contribution < -0.4 is 5.32 Å². The Morgan fingerprint density at radius 1 is 1.37 bits per heavy atom. The number of aliphatic hydroxyl groups is 1. The Balaban J connectivity index is 1.97. The van der Waals surface area contributed by atoms with Crippen molar-refractivity contribution in [2.45, 2.75) is 44.6 Å². The van der Waals surface area contributed by atoms with Crippen LogP contribution in [0, 0.1) is 0 Å². The van der Waals surface area contributed by atoms with Gasteiger partial charge in [-0.25, -0.2) is 0 Å². The summed E-state index contributed by atoms with van der Waals surface area (Å²) in [5.74, 6) is 0.129. The molecule has 0 bridgehead atoms. The molecule has 1 rings (SSSR count). The molecular weight excluding hydrogens is 244 g/mol. The van der Waals surface area contributed by atoms with Crippen LogP contribution in [-0.4, -0.2) is 47.6 Å². The minimum atomic E-state index is -0.343. The first-order chi connectivity index (χ1) is 9.13. The van der Waals surface area contributed by atoms with Crippen LogP contribution in [0.1, 0.15) is 38.5 Å². The quantitative estimate of drug-likeness (QED) is 0.506. The molecule has 1 fully saturated rings. The fourth-order valence-corrected chi connectivity index (χ4v) is 2.14. The fourth-order valence-electron chi connectivity index (χ4n) is 2.14. The molecule has 0 aromatic carbocycles. The molecule has 1 unspecified atom stereocenters. The highest BCUT2D eigenvalue weighted by Gasteiger charge is 2.23. The number of likely N-dealkylation sites (tertiary alicyclic amines) is 1. The summed E-state index contributed by atoms with van der Waals surface area (Å²) in [4.78, 5) is 24.6. The van der Waals surface area contributed by atoms with Crippen molar-refractivity contribution < 1.29 is 14.7 Å². The first-order valence-electron chi connectivity index (χ1n) is 6.97. The zero-order chi connectivity index (χ0) is 14.1. The Hall–Kier alpha value is -1.36. The lowest BCUT2D eigenvalue weighted by molar-refractivity contribution is -0.130. The number of nitrogens with one attached hydrogen (secondary N) is 1. The molecule has 1 aliphatic heterocycles. The molecule has 0 aliphatic carbocycles. The molecule has 1 atom stereocenters. The van der Waals surface area contributed by atoms with Crippen LogP contribution in [0.2, 0.25) is 0 Å². The SMILES string of the molecule is C=CCC(=O)NCCCCCC(=O)N1CCC(O)C1. The number of carbonyl (C=O) groups excluding carboxylic acids is 2. The molecule has 108 valence electrons. The van der Waals surface area contributed by atoms with Crippen molar-refractivity contribution in [1.29, 1.82) is 0 Å². The number of carbonyl (C=O) groups is 2. The largest absolute Gasteiger partial charge is 0.391 e. The van der Waals surface area contributed by atoms with E-state index in [0.717, 1.165) is 19.3 Å². The van der Waals surface area contributed by atoms with E-state index in [1.807, 2.05) is 0 Å². The summed E-state index contributed by atoms with van der Waals surface area (Å²) in [6, 6.07) is 0. The molecule has 1 aliphatic rings. The Bertz CT molecular complexity index is 318. The standard InChI is InChI=1S/C14H24N2O3/c1-2-6-13(18)15-9-5-3-4-7-14(19)16-10-8-12(17)11-16/h2,12,17H,1,3-11H2,(H,15,18). The van der Waals surface area contributed by atoms with Crippen LogP contribution in [0.5, 0.6) is 0 Å². The second-order valence-electron chi connectivity index (χ2n) is 4.94. The van der Waals surface area contributed by atoms with Gasteiger partial charge in [-0.3, -0.25) is 9.59 Å². The molecule has 1 heterocycles. The second kappa shape index (κ2) is 8.69. The molecule has 2 N–H and O–H groups in total. The van der Waals surface area contributed by atoms with Crippen LogP contribution >= 0.6 is 0 Å². The summed E-state index contributed by atoms with van der Waals surface area (Å²) in [5, 5.41) is 12.1. The van der Waals surface area contributed by atoms with Gasteiger partial charge in [0.05, 0.1) is 6.10 Å². The monoisotopic (exact) mass is 268 g/mol. The van der Waals surface area contributed by atoms with E-state index in [-0.39, 0.29) is 17.9 Å². The van der Waals surface area contributed by atoms with Crippen LogP contribution in [-0.2, 0) is 9.59 Å². The number of aliphatic hydroxyl groups excluding tert-OH is 1. The van der Waals surface area contributed by atoms with E-state index in [9.17, 15) is 14.7 Å². The van der Waals surface area contributed by atoms with Gasteiger partial charge < -0.3 is 15.3 Å². The third-order valence-electron chi connectivity index (χ3n) is 3.24. The second-order valence-corrected chi connectivity index (χ2v) is 4.94. The number of hydrogen-bond donors (Lipinski definition) is 2. The maximum Gasteiger partial charge on any atom is 0.223 e. The number of hydrogen-bond acceptors (Lipinski definition) is 3. The summed E-state index contributed by atoms with van der Waals surface area (Å²) in [6.07, 6.45) is 5.48. The van der Waals surface area contributed by atoms with Crippen molar-refractivity contribution in [2.75, 3.05) is 19.6 Å². The van der Waals surface area contributed by atoms with Gasteiger partial charge in [-0.2, -0.15) is 0 Å². The van der Waals surface area contributed by atoms with E-state index in [1.165, 1.54) is 0 Å². The summed E-state index contributed by atoms with van der Waals surface area (Å²) in [7, 11) is 0. The molecule has 5 heteroatoms. The Morgan fingerprint density at radius 3 is 2.79 bits per heavy atom. The predicted molar refractivity (Wildman–Crippen MR) is 73.5 cm³/mol. The summed E-state index contributed by atoms with van der Waals surface area (Å²) < 4.78 is 0. The molecule has 0 spiro atoms. The Kier molecular flexibility index (Phi) is 7.18. The lowest BCUT2D eigenvalue weighted by atomic mass is 10.2. The van der Waals surface area contributed by atoms with Crippen molar-refractivity contribution in [1.82, 2.24) is 10.2 Å². The van der Waals surface area contributed by atoms with Crippen molar-refractivity contribution in [2.24, 2.45) is 0 Å². The fraction of sp³-hybridized carbons (Fsp3) is 0.714. The maximum atomic E-state index is 11.8. The number of amides is 2. The van der Waals surface area contributed by atoms with Gasteiger partial charge in [0.2, 0.25) is 11.8 Å². The van der Waals surface area contributed by atoms with Crippen molar-refractivity contribution in [3.63, 3.8) is 0 Å². The average Bonchev–Trinajstić information content (AvgIpc) is 2.80. The van der Waals surface area contributed by atoms with Gasteiger partial charge in [0, 0.05) is 32.5 Å². The van der Waals surface area contributed by atoms with Gasteiger partial charge in [-0.1, -0.05) is 12.5 Å². The number of β-amino-alcohol motifs (C(OH)–C–C–N with tert-alkyl or cyclic N) is 1.